The van der Waals surface area contributed by atoms with Gasteiger partial charge in [-0.15, -0.1) is 0 Å². The average molecular weight is 552 g/mol. The normalized spacial score (nSPS) is 28.4. The van der Waals surface area contributed by atoms with Gasteiger partial charge in [-0.3, -0.25) is 19.5 Å². The second kappa shape index (κ2) is 10.2. The zero-order valence-corrected chi connectivity index (χ0v) is 22.9. The van der Waals surface area contributed by atoms with Crippen LogP contribution in [0.3, 0.4) is 0 Å². The molecular weight excluding hydrogens is 518 g/mol. The largest absolute Gasteiger partial charge is 0.480 e. The Kier molecular flexibility index (Phi) is 6.88. The number of carbonyl (C=O) groups is 3. The molecule has 2 fully saturated rings. The highest BCUT2D eigenvalue weighted by molar-refractivity contribution is 6.35. The van der Waals surface area contributed by atoms with Gasteiger partial charge in [0.25, 0.3) is 0 Å². The lowest BCUT2D eigenvalue weighted by Crippen LogP contribution is -2.56. The predicted octanol–water partition coefficient (Wildman–Crippen LogP) is 4.68. The maximum atomic E-state index is 14.9. The number of likely N-dealkylation sites (tertiary alicyclic amines) is 1. The predicted molar refractivity (Wildman–Crippen MR) is 145 cm³/mol. The molecule has 9 heteroatoms. The molecule has 1 aromatic heterocycles. The number of methoxy groups -OCH3 is 1. The van der Waals surface area contributed by atoms with Gasteiger partial charge < -0.3 is 14.7 Å². The van der Waals surface area contributed by atoms with Gasteiger partial charge in [0, 0.05) is 37.4 Å². The molecule has 3 unspecified atom stereocenters. The molecule has 1 saturated heterocycles. The summed E-state index contributed by atoms with van der Waals surface area (Å²) in [6.45, 7) is 0.838. The number of nitrogens with one attached hydrogen (secondary N) is 1. The lowest BCUT2D eigenvalue weighted by molar-refractivity contribution is -0.157. The van der Waals surface area contributed by atoms with Gasteiger partial charge in [-0.1, -0.05) is 35.9 Å². The van der Waals surface area contributed by atoms with Gasteiger partial charge in [-0.25, -0.2) is 0 Å². The number of halogens is 1. The summed E-state index contributed by atoms with van der Waals surface area (Å²) in [7, 11) is 1.61. The van der Waals surface area contributed by atoms with E-state index in [2.05, 4.69) is 10.2 Å². The molecule has 6 rings (SSSR count). The number of Topliss-reactive ketones (excluding diaryl/α,β-unsaturated/α-hetero) is 1. The number of aromatic amines is 1. The highest BCUT2D eigenvalue weighted by Gasteiger charge is 2.63. The summed E-state index contributed by atoms with van der Waals surface area (Å²) < 4.78 is 5.48. The van der Waals surface area contributed by atoms with Crippen LogP contribution < -0.4 is 0 Å². The van der Waals surface area contributed by atoms with E-state index in [1.165, 1.54) is 0 Å². The summed E-state index contributed by atoms with van der Waals surface area (Å²) in [6, 6.07) is 5.32. The third kappa shape index (κ3) is 4.23. The second-order valence-corrected chi connectivity index (χ2v) is 11.8. The fraction of sp³-hybridized carbons (Fsp3) is 0.533. The minimum absolute atomic E-state index is 0.109. The van der Waals surface area contributed by atoms with Crippen molar-refractivity contribution in [3.63, 3.8) is 0 Å². The summed E-state index contributed by atoms with van der Waals surface area (Å²) in [5.41, 5.74) is 1.45. The molecular formula is C30H34ClN3O5. The number of H-pyrrole nitrogens is 1. The van der Waals surface area contributed by atoms with Crippen LogP contribution in [0.5, 0.6) is 0 Å². The number of allylic oxidation sites excluding steroid dienone is 2. The van der Waals surface area contributed by atoms with E-state index in [9.17, 15) is 19.5 Å². The van der Waals surface area contributed by atoms with E-state index in [0.29, 0.717) is 25.2 Å². The van der Waals surface area contributed by atoms with Crippen LogP contribution in [0.2, 0.25) is 5.02 Å². The Morgan fingerprint density at radius 3 is 2.69 bits per heavy atom. The van der Waals surface area contributed by atoms with E-state index in [1.807, 2.05) is 12.1 Å². The van der Waals surface area contributed by atoms with Crippen molar-refractivity contribution in [2.75, 3.05) is 20.2 Å². The van der Waals surface area contributed by atoms with Crippen LogP contribution in [0, 0.1) is 11.3 Å². The standard InChI is InChI=1S/C30H34ClN3O5/c1-39-18-14-15-34(16-18)28(36)22-9-5-8-21(26-20-6-2-3-11-24(20)32-33-26)30(22,29(37)38)27(35)25-19(17-12-13-17)7-4-10-23(25)31/h4-5,7-8,10,17-18,21-22H,2-3,6,9,11-16H2,1H3,(H,32,33)(H,37,38)/t18-,21?,22?,30?/m1/s1. The van der Waals surface area contributed by atoms with E-state index in [4.69, 9.17) is 16.3 Å². The Labute approximate surface area is 232 Å². The Morgan fingerprint density at radius 2 is 1.97 bits per heavy atom. The number of aliphatic carboxylic acids is 1. The van der Waals surface area contributed by atoms with Crippen molar-refractivity contribution in [2.24, 2.45) is 11.3 Å². The van der Waals surface area contributed by atoms with Crippen LogP contribution in [0.15, 0.2) is 30.4 Å². The second-order valence-electron chi connectivity index (χ2n) is 11.4. The van der Waals surface area contributed by atoms with E-state index < -0.39 is 29.0 Å². The number of benzene rings is 1. The Morgan fingerprint density at radius 1 is 1.18 bits per heavy atom. The highest BCUT2D eigenvalue weighted by atomic mass is 35.5. The monoisotopic (exact) mass is 551 g/mol. The highest BCUT2D eigenvalue weighted by Crippen LogP contribution is 2.54. The van der Waals surface area contributed by atoms with Crippen LogP contribution in [-0.4, -0.2) is 64.2 Å². The molecule has 1 aliphatic heterocycles. The van der Waals surface area contributed by atoms with Crippen molar-refractivity contribution in [1.82, 2.24) is 15.1 Å². The van der Waals surface area contributed by atoms with E-state index in [-0.39, 0.29) is 34.9 Å². The lowest BCUT2D eigenvalue weighted by atomic mass is 9.57. The summed E-state index contributed by atoms with van der Waals surface area (Å²) in [6.07, 6.45) is 9.78. The molecule has 4 atom stereocenters. The number of aromatic nitrogens is 2. The molecule has 8 nitrogen and oxygen atoms in total. The number of rotatable bonds is 7. The van der Waals surface area contributed by atoms with E-state index in [1.54, 1.807) is 30.2 Å². The third-order valence-electron chi connectivity index (χ3n) is 9.23. The Hall–Kier alpha value is -2.97. The maximum Gasteiger partial charge on any atom is 0.319 e. The summed E-state index contributed by atoms with van der Waals surface area (Å²) in [5, 5.41) is 19.1. The molecule has 2 N–H and O–H groups in total. The van der Waals surface area contributed by atoms with E-state index >= 15 is 0 Å². The molecule has 2 aromatic rings. The number of nitrogens with zero attached hydrogens (tertiary/aromatic N) is 2. The van der Waals surface area contributed by atoms with Crippen molar-refractivity contribution in [2.45, 2.75) is 69.3 Å². The molecule has 0 bridgehead atoms. The Bertz CT molecular complexity index is 1350. The maximum absolute atomic E-state index is 14.9. The first-order chi connectivity index (χ1) is 18.9. The van der Waals surface area contributed by atoms with Crippen molar-refractivity contribution in [3.8, 4) is 0 Å². The average Bonchev–Trinajstić information content (AvgIpc) is 3.52. The topological polar surface area (TPSA) is 113 Å². The zero-order valence-electron chi connectivity index (χ0n) is 22.1. The van der Waals surface area contributed by atoms with Crippen molar-refractivity contribution in [1.29, 1.82) is 0 Å². The molecule has 4 aliphatic rings. The lowest BCUT2D eigenvalue weighted by Gasteiger charge is -2.43. The van der Waals surface area contributed by atoms with Crippen molar-refractivity contribution >= 4 is 29.3 Å². The van der Waals surface area contributed by atoms with E-state index in [0.717, 1.165) is 55.3 Å². The van der Waals surface area contributed by atoms with Crippen LogP contribution in [-0.2, 0) is 27.2 Å². The summed E-state index contributed by atoms with van der Waals surface area (Å²) >= 11 is 6.70. The molecule has 1 aromatic carbocycles. The first-order valence-corrected chi connectivity index (χ1v) is 14.4. The summed E-state index contributed by atoms with van der Waals surface area (Å²) in [4.78, 5) is 44.5. The van der Waals surface area contributed by atoms with Gasteiger partial charge in [0.1, 0.15) is 0 Å². The summed E-state index contributed by atoms with van der Waals surface area (Å²) in [5.74, 6) is -4.08. The van der Waals surface area contributed by atoms with Gasteiger partial charge in [0.05, 0.1) is 22.7 Å². The van der Waals surface area contributed by atoms with Crippen LogP contribution in [0.1, 0.15) is 83.2 Å². The molecule has 2 heterocycles. The molecule has 0 spiro atoms. The van der Waals surface area contributed by atoms with Gasteiger partial charge in [0.15, 0.2) is 11.2 Å². The SMILES string of the molecule is CO[C@@H]1CCN(C(=O)C2CC=CC(c3n[nH]c4c3CCCC4)C2(C(=O)O)C(=O)c2c(Cl)cccc2C2CC2)C1. The number of carbonyl (C=O) groups excluding carboxylic acids is 2. The van der Waals surface area contributed by atoms with Crippen LogP contribution >= 0.6 is 11.6 Å². The molecule has 1 amide bonds. The number of fused-ring (bicyclic) bond motifs is 1. The zero-order chi connectivity index (χ0) is 27.3. The molecule has 0 radical (unpaired) electrons. The van der Waals surface area contributed by atoms with Gasteiger partial charge in [-0.05, 0) is 74.5 Å². The third-order valence-corrected chi connectivity index (χ3v) is 9.55. The minimum atomic E-state index is -2.09. The first kappa shape index (κ1) is 26.3. The molecule has 206 valence electrons. The number of ether oxygens (including phenoxy) is 1. The minimum Gasteiger partial charge on any atom is -0.480 e. The number of hydrogen-bond acceptors (Lipinski definition) is 5. The van der Waals surface area contributed by atoms with Gasteiger partial charge in [0.2, 0.25) is 5.91 Å². The first-order valence-electron chi connectivity index (χ1n) is 14.0. The smallest absolute Gasteiger partial charge is 0.319 e. The van der Waals surface area contributed by atoms with Crippen molar-refractivity contribution < 1.29 is 24.2 Å². The Balaban J connectivity index is 1.54. The number of hydrogen-bond donors (Lipinski definition) is 2. The quantitative estimate of drug-likeness (QED) is 0.293. The van der Waals surface area contributed by atoms with Crippen LogP contribution in [0.25, 0.3) is 0 Å². The molecule has 39 heavy (non-hydrogen) atoms. The van der Waals surface area contributed by atoms with Crippen molar-refractivity contribution in [3.05, 3.63) is 63.5 Å². The number of aryl methyl sites for hydroxylation is 1. The van der Waals surface area contributed by atoms with Gasteiger partial charge in [-0.2, -0.15) is 5.10 Å². The molecule has 1 saturated carbocycles. The number of carboxylic acids is 1. The number of ketones is 1. The number of amides is 1. The number of carboxylic acid groups (broad SMARTS) is 1. The van der Waals surface area contributed by atoms with Gasteiger partial charge >= 0.3 is 5.97 Å². The fourth-order valence-corrected chi connectivity index (χ4v) is 7.28. The fourth-order valence-electron chi connectivity index (χ4n) is 7.01. The van der Waals surface area contributed by atoms with Crippen LogP contribution in [0.4, 0.5) is 0 Å². The molecule has 3 aliphatic carbocycles.